The second-order valence-corrected chi connectivity index (χ2v) is 5.83. The molecule has 1 saturated heterocycles. The molecule has 1 atom stereocenters. The van der Waals surface area contributed by atoms with Gasteiger partial charge in [0.25, 0.3) is 0 Å². The Morgan fingerprint density at radius 3 is 3.06 bits per heavy atom. The average Bonchev–Trinajstić information content (AvgIpc) is 2.86. The topological polar surface area (TPSA) is 33.2 Å². The summed E-state index contributed by atoms with van der Waals surface area (Å²) < 4.78 is 0. The third kappa shape index (κ3) is 3.42. The molecule has 0 saturated carbocycles. The minimum Gasteiger partial charge on any atom is -0.342 e. The number of hydrogen-bond donors (Lipinski definition) is 0. The normalized spacial score (nSPS) is 20.2. The number of hydrogen-bond acceptors (Lipinski definition) is 3. The largest absolute Gasteiger partial charge is 0.342 e. The summed E-state index contributed by atoms with van der Waals surface area (Å²) in [6.45, 7) is 3.91. The molecule has 17 heavy (non-hydrogen) atoms. The van der Waals surface area contributed by atoms with Crippen molar-refractivity contribution in [3.05, 3.63) is 16.1 Å². The monoisotopic (exact) mass is 272 g/mol. The van der Waals surface area contributed by atoms with E-state index >= 15 is 0 Å². The zero-order chi connectivity index (χ0) is 12.3. The van der Waals surface area contributed by atoms with Gasteiger partial charge in [-0.2, -0.15) is 0 Å². The number of aromatic nitrogens is 1. The molecule has 94 valence electrons. The van der Waals surface area contributed by atoms with E-state index in [1.165, 1.54) is 0 Å². The molecule has 1 unspecified atom stereocenters. The van der Waals surface area contributed by atoms with Crippen LogP contribution in [0.3, 0.4) is 0 Å². The molecule has 1 aromatic heterocycles. The van der Waals surface area contributed by atoms with Crippen LogP contribution in [0, 0.1) is 5.92 Å². The van der Waals surface area contributed by atoms with E-state index in [0.717, 1.165) is 36.6 Å². The number of rotatable bonds is 5. The molecule has 2 heterocycles. The first-order chi connectivity index (χ1) is 8.19. The molecule has 0 spiro atoms. The number of alkyl halides is 1. The molecule has 2 rings (SSSR count). The summed E-state index contributed by atoms with van der Waals surface area (Å²) in [5, 5.41) is 3.13. The molecule has 0 aromatic carbocycles. The van der Waals surface area contributed by atoms with Gasteiger partial charge in [0.1, 0.15) is 0 Å². The Bertz CT molecular complexity index is 394. The maximum atomic E-state index is 11.6. The second-order valence-electron chi connectivity index (χ2n) is 4.62. The molecule has 1 fully saturated rings. The number of halogens is 1. The molecular weight excluding hydrogens is 256 g/mol. The fourth-order valence-corrected chi connectivity index (χ4v) is 3.20. The Morgan fingerprint density at radius 2 is 2.47 bits per heavy atom. The van der Waals surface area contributed by atoms with Gasteiger partial charge in [0.2, 0.25) is 5.91 Å². The van der Waals surface area contributed by atoms with E-state index in [1.54, 1.807) is 11.3 Å². The molecule has 0 N–H and O–H groups in total. The van der Waals surface area contributed by atoms with Crippen molar-refractivity contribution in [2.45, 2.75) is 32.1 Å². The van der Waals surface area contributed by atoms with Gasteiger partial charge in [-0.3, -0.25) is 4.79 Å². The van der Waals surface area contributed by atoms with Crippen LogP contribution in [0.4, 0.5) is 0 Å². The van der Waals surface area contributed by atoms with Crippen LogP contribution < -0.4 is 0 Å². The maximum Gasteiger partial charge on any atom is 0.222 e. The summed E-state index contributed by atoms with van der Waals surface area (Å²) in [5.74, 6) is 1.31. The van der Waals surface area contributed by atoms with Gasteiger partial charge < -0.3 is 4.90 Å². The number of nitrogens with zero attached hydrogens (tertiary/aromatic N) is 2. The number of aryl methyl sites for hydroxylation is 1. The average molecular weight is 273 g/mol. The number of thiazole rings is 1. The summed E-state index contributed by atoms with van der Waals surface area (Å²) in [4.78, 5) is 18.0. The van der Waals surface area contributed by atoms with Crippen molar-refractivity contribution in [2.24, 2.45) is 5.92 Å². The summed E-state index contributed by atoms with van der Waals surface area (Å²) in [5.41, 5.74) is 0.956. The van der Waals surface area contributed by atoms with Gasteiger partial charge >= 0.3 is 0 Å². The molecule has 3 nitrogen and oxygen atoms in total. The van der Waals surface area contributed by atoms with Crippen LogP contribution in [0.1, 0.15) is 30.5 Å². The maximum absolute atomic E-state index is 11.6. The SMILES string of the molecule is CC1CC(=O)N(CCCc2nc(CCl)cs2)C1. The predicted molar refractivity (Wildman–Crippen MR) is 70.4 cm³/mol. The summed E-state index contributed by atoms with van der Waals surface area (Å²) in [6, 6.07) is 0. The Hall–Kier alpha value is -0.610. The Morgan fingerprint density at radius 1 is 1.65 bits per heavy atom. The van der Waals surface area contributed by atoms with E-state index in [0.29, 0.717) is 24.1 Å². The lowest BCUT2D eigenvalue weighted by Crippen LogP contribution is -2.26. The Labute approximate surface area is 111 Å². The summed E-state index contributed by atoms with van der Waals surface area (Å²) in [6.07, 6.45) is 2.65. The molecule has 1 aliphatic heterocycles. The second kappa shape index (κ2) is 5.83. The standard InChI is InChI=1S/C12H17ClN2OS/c1-9-5-12(16)15(7-9)4-2-3-11-14-10(6-13)8-17-11/h8-9H,2-7H2,1H3. The smallest absolute Gasteiger partial charge is 0.222 e. The summed E-state index contributed by atoms with van der Waals surface area (Å²) in [7, 11) is 0. The molecule has 1 amide bonds. The third-order valence-corrected chi connectivity index (χ3v) is 4.19. The van der Waals surface area contributed by atoms with Crippen LogP contribution in [0.25, 0.3) is 0 Å². The van der Waals surface area contributed by atoms with Crippen molar-refractivity contribution in [1.29, 1.82) is 0 Å². The van der Waals surface area contributed by atoms with Crippen LogP contribution in [0.2, 0.25) is 0 Å². The van der Waals surface area contributed by atoms with Crippen LogP contribution in [-0.4, -0.2) is 28.9 Å². The van der Waals surface area contributed by atoms with Gasteiger partial charge in [-0.1, -0.05) is 6.92 Å². The van der Waals surface area contributed by atoms with E-state index in [-0.39, 0.29) is 0 Å². The van der Waals surface area contributed by atoms with Crippen molar-refractivity contribution in [3.63, 3.8) is 0 Å². The zero-order valence-corrected chi connectivity index (χ0v) is 11.6. The fourth-order valence-electron chi connectivity index (χ4n) is 2.13. The highest BCUT2D eigenvalue weighted by Crippen LogP contribution is 2.18. The van der Waals surface area contributed by atoms with Crippen LogP contribution in [0.15, 0.2) is 5.38 Å². The van der Waals surface area contributed by atoms with Crippen molar-refractivity contribution in [1.82, 2.24) is 9.88 Å². The van der Waals surface area contributed by atoms with E-state index < -0.39 is 0 Å². The van der Waals surface area contributed by atoms with E-state index in [2.05, 4.69) is 11.9 Å². The minimum absolute atomic E-state index is 0.304. The van der Waals surface area contributed by atoms with Crippen molar-refractivity contribution in [3.8, 4) is 0 Å². The lowest BCUT2D eigenvalue weighted by atomic mass is 10.2. The highest BCUT2D eigenvalue weighted by molar-refractivity contribution is 7.09. The first-order valence-corrected chi connectivity index (χ1v) is 7.37. The highest BCUT2D eigenvalue weighted by Gasteiger charge is 2.25. The summed E-state index contributed by atoms with van der Waals surface area (Å²) >= 11 is 7.36. The molecule has 1 aliphatic rings. The van der Waals surface area contributed by atoms with Gasteiger partial charge in [-0.15, -0.1) is 22.9 Å². The molecule has 0 aliphatic carbocycles. The third-order valence-electron chi connectivity index (χ3n) is 2.96. The zero-order valence-electron chi connectivity index (χ0n) is 9.99. The Kier molecular flexibility index (Phi) is 4.40. The molecule has 0 bridgehead atoms. The lowest BCUT2D eigenvalue weighted by molar-refractivity contribution is -0.127. The Balaban J connectivity index is 1.74. The van der Waals surface area contributed by atoms with Crippen LogP contribution >= 0.6 is 22.9 Å². The van der Waals surface area contributed by atoms with Crippen molar-refractivity contribution < 1.29 is 4.79 Å². The molecule has 1 aromatic rings. The number of amides is 1. The molecule has 5 heteroatoms. The van der Waals surface area contributed by atoms with Gasteiger partial charge in [-0.25, -0.2) is 4.98 Å². The van der Waals surface area contributed by atoms with E-state index in [4.69, 9.17) is 11.6 Å². The van der Waals surface area contributed by atoms with Crippen LogP contribution in [0.5, 0.6) is 0 Å². The molecular formula is C12H17ClN2OS. The first-order valence-electron chi connectivity index (χ1n) is 5.96. The minimum atomic E-state index is 0.304. The quantitative estimate of drug-likeness (QED) is 0.772. The highest BCUT2D eigenvalue weighted by atomic mass is 35.5. The molecule has 0 radical (unpaired) electrons. The fraction of sp³-hybridized carbons (Fsp3) is 0.667. The van der Waals surface area contributed by atoms with Gasteiger partial charge in [0.15, 0.2) is 0 Å². The number of carbonyl (C=O) groups is 1. The first kappa shape index (κ1) is 12.8. The van der Waals surface area contributed by atoms with Crippen LogP contribution in [-0.2, 0) is 17.1 Å². The van der Waals surface area contributed by atoms with E-state index in [9.17, 15) is 4.79 Å². The van der Waals surface area contributed by atoms with Gasteiger partial charge in [-0.05, 0) is 12.3 Å². The lowest BCUT2D eigenvalue weighted by Gasteiger charge is -2.15. The van der Waals surface area contributed by atoms with Crippen molar-refractivity contribution in [2.75, 3.05) is 13.1 Å². The van der Waals surface area contributed by atoms with E-state index in [1.807, 2.05) is 10.3 Å². The predicted octanol–water partition coefficient (Wildman–Crippen LogP) is 2.68. The van der Waals surface area contributed by atoms with Gasteiger partial charge in [0, 0.05) is 31.3 Å². The van der Waals surface area contributed by atoms with Gasteiger partial charge in [0.05, 0.1) is 16.6 Å². The number of likely N-dealkylation sites (tertiary alicyclic amines) is 1. The number of carbonyl (C=O) groups excluding carboxylic acids is 1. The van der Waals surface area contributed by atoms with Crippen molar-refractivity contribution >= 4 is 28.8 Å².